The number of fused-ring (bicyclic) bond motifs is 2. The largest absolute Gasteiger partial charge is 0.497 e. The summed E-state index contributed by atoms with van der Waals surface area (Å²) in [5, 5.41) is 32.7. The fourth-order valence-corrected chi connectivity index (χ4v) is 5.34. The fourth-order valence-electron chi connectivity index (χ4n) is 4.79. The summed E-state index contributed by atoms with van der Waals surface area (Å²) < 4.78 is 5.36. The normalized spacial score (nSPS) is 15.0. The average molecular weight is 589 g/mol. The molecule has 3 heterocycles. The second kappa shape index (κ2) is 13.3. The maximum absolute atomic E-state index is 11.0. The highest BCUT2D eigenvalue weighted by Gasteiger charge is 2.22. The van der Waals surface area contributed by atoms with E-state index in [4.69, 9.17) is 47.7 Å². The van der Waals surface area contributed by atoms with Crippen molar-refractivity contribution in [2.75, 3.05) is 26.7 Å². The highest BCUT2D eigenvalue weighted by Crippen LogP contribution is 2.29. The number of nitrogens with zero attached hydrogens (tertiary/aromatic N) is 2. The summed E-state index contributed by atoms with van der Waals surface area (Å²) in [6.45, 7) is 3.23. The van der Waals surface area contributed by atoms with Crippen LogP contribution in [0.1, 0.15) is 30.2 Å². The lowest BCUT2D eigenvalue weighted by molar-refractivity contribution is -0.159. The van der Waals surface area contributed by atoms with Crippen molar-refractivity contribution >= 4 is 56.9 Å². The molecule has 1 atom stereocenters. The van der Waals surface area contributed by atoms with Crippen LogP contribution in [0.5, 0.6) is 5.75 Å². The van der Waals surface area contributed by atoms with Gasteiger partial charge < -0.3 is 35.3 Å². The van der Waals surface area contributed by atoms with Gasteiger partial charge in [0.2, 0.25) is 0 Å². The number of β-amino-alcohol motifs (C(OH)–C–C–N with tert-alkyl or cyclic N) is 1. The first kappa shape index (κ1) is 29.6. The van der Waals surface area contributed by atoms with Gasteiger partial charge in [-0.3, -0.25) is 4.98 Å². The molecular weight excluding hydrogens is 559 g/mol. The van der Waals surface area contributed by atoms with Crippen LogP contribution in [-0.2, 0) is 16.1 Å². The van der Waals surface area contributed by atoms with Crippen LogP contribution in [0.15, 0.2) is 48.7 Å². The maximum atomic E-state index is 11.0. The quantitative estimate of drug-likeness (QED) is 0.197. The second-order valence-corrected chi connectivity index (χ2v) is 10.4. The summed E-state index contributed by atoms with van der Waals surface area (Å²) in [6.07, 6.45) is 3.24. The number of piperidine rings is 1. The molecule has 2 aromatic carbocycles. The minimum absolute atomic E-state index is 0.435. The molecule has 0 radical (unpaired) electrons. The Balaban J connectivity index is 0.000000557. The van der Waals surface area contributed by atoms with Gasteiger partial charge in [-0.25, -0.2) is 9.59 Å². The molecule has 0 spiro atoms. The number of rotatable bonds is 7. The summed E-state index contributed by atoms with van der Waals surface area (Å²) in [5.41, 5.74) is 3.80. The molecule has 0 bridgehead atoms. The molecule has 10 nitrogen and oxygen atoms in total. The highest BCUT2D eigenvalue weighted by molar-refractivity contribution is 6.38. The van der Waals surface area contributed by atoms with Gasteiger partial charge in [0.25, 0.3) is 0 Å². The number of halogens is 2. The molecule has 5 N–H and O–H groups in total. The predicted molar refractivity (Wildman–Crippen MR) is 153 cm³/mol. The third-order valence-corrected chi connectivity index (χ3v) is 7.36. The molecule has 1 fully saturated rings. The number of H-pyrrole nitrogens is 1. The molecule has 1 saturated heterocycles. The van der Waals surface area contributed by atoms with Crippen molar-refractivity contribution in [2.24, 2.45) is 0 Å². The van der Waals surface area contributed by atoms with E-state index >= 15 is 0 Å². The Morgan fingerprint density at radius 3 is 2.50 bits per heavy atom. The molecular formula is C28H30Cl2N4O6. The second-order valence-electron chi connectivity index (χ2n) is 9.51. The van der Waals surface area contributed by atoms with Gasteiger partial charge in [-0.15, -0.1) is 0 Å². The molecule has 40 heavy (non-hydrogen) atoms. The number of nitrogens with one attached hydrogen (secondary N) is 2. The van der Waals surface area contributed by atoms with Gasteiger partial charge in [0.05, 0.1) is 23.8 Å². The van der Waals surface area contributed by atoms with Crippen molar-refractivity contribution in [3.8, 4) is 5.75 Å². The Labute approximate surface area is 240 Å². The lowest BCUT2D eigenvalue weighted by atomic mass is 10.0. The van der Waals surface area contributed by atoms with Crippen LogP contribution >= 0.6 is 23.2 Å². The number of carboxylic acid groups (broad SMARTS) is 2. The molecule has 4 aromatic rings. The molecule has 0 unspecified atom stereocenters. The topological polar surface area (TPSA) is 148 Å². The smallest absolute Gasteiger partial charge is 0.414 e. The summed E-state index contributed by atoms with van der Waals surface area (Å²) in [7, 11) is 1.65. The number of carbonyl (C=O) groups is 2. The Morgan fingerprint density at radius 2 is 1.82 bits per heavy atom. The van der Waals surface area contributed by atoms with Crippen LogP contribution in [0.2, 0.25) is 10.0 Å². The number of methoxy groups -OCH3 is 1. The minimum atomic E-state index is -1.82. The molecule has 212 valence electrons. The average Bonchev–Trinajstić information content (AvgIpc) is 3.35. The molecule has 5 rings (SSSR count). The number of carboxylic acids is 2. The third kappa shape index (κ3) is 7.41. The van der Waals surface area contributed by atoms with Gasteiger partial charge in [-0.05, 0) is 74.0 Å². The summed E-state index contributed by atoms with van der Waals surface area (Å²) in [4.78, 5) is 28.4. The first-order valence-electron chi connectivity index (χ1n) is 12.6. The third-order valence-electron chi connectivity index (χ3n) is 6.83. The zero-order valence-electron chi connectivity index (χ0n) is 21.7. The van der Waals surface area contributed by atoms with Crippen molar-refractivity contribution < 1.29 is 29.6 Å². The van der Waals surface area contributed by atoms with Crippen LogP contribution in [-0.4, -0.2) is 74.9 Å². The number of pyridine rings is 1. The maximum Gasteiger partial charge on any atom is 0.414 e. The van der Waals surface area contributed by atoms with Crippen molar-refractivity contribution in [1.82, 2.24) is 20.2 Å². The molecule has 2 aromatic heterocycles. The van der Waals surface area contributed by atoms with E-state index in [2.05, 4.69) is 26.3 Å². The van der Waals surface area contributed by atoms with Crippen LogP contribution in [0.4, 0.5) is 0 Å². The van der Waals surface area contributed by atoms with E-state index in [9.17, 15) is 5.11 Å². The van der Waals surface area contributed by atoms with Crippen molar-refractivity contribution in [2.45, 2.75) is 31.5 Å². The van der Waals surface area contributed by atoms with E-state index in [0.29, 0.717) is 22.6 Å². The SMILES string of the molecule is COc1ccc2nccc([C@@H](O)CN3CCC(NCc4cc5c(Cl)cc(Cl)cc5[nH]4)CC3)c2c1.O=C(O)C(=O)O. The number of hydrogen-bond donors (Lipinski definition) is 5. The number of hydrogen-bond acceptors (Lipinski definition) is 7. The van der Waals surface area contributed by atoms with Crippen molar-refractivity contribution in [1.29, 1.82) is 0 Å². The standard InChI is InChI=1S/C26H28Cl2N4O2.C2H2O4/c1-34-19-2-3-24-21(13-19)20(4-7-29-24)26(33)15-32-8-5-17(6-9-32)30-14-18-12-22-23(28)10-16(27)11-25(22)31-18;3-1(4)2(5)6/h2-4,7,10-13,17,26,30-31,33H,5-6,8-9,14-15H2,1H3;(H,3,4)(H,5,6)/t26-;/m0./s1. The Bertz CT molecular complexity index is 1490. The van der Waals surface area contributed by atoms with Gasteiger partial charge in [0, 0.05) is 52.3 Å². The van der Waals surface area contributed by atoms with Gasteiger partial charge in [0.15, 0.2) is 0 Å². The van der Waals surface area contributed by atoms with Crippen LogP contribution in [0.3, 0.4) is 0 Å². The lowest BCUT2D eigenvalue weighted by Crippen LogP contribution is -2.43. The van der Waals surface area contributed by atoms with Crippen LogP contribution < -0.4 is 10.1 Å². The molecule has 0 aliphatic carbocycles. The Morgan fingerprint density at radius 1 is 1.10 bits per heavy atom. The van der Waals surface area contributed by atoms with E-state index in [1.165, 1.54) is 0 Å². The number of aliphatic carboxylic acids is 2. The number of ether oxygens (including phenoxy) is 1. The zero-order valence-corrected chi connectivity index (χ0v) is 23.2. The molecule has 0 saturated carbocycles. The predicted octanol–water partition coefficient (Wildman–Crippen LogP) is 4.47. The fraction of sp³-hybridized carbons (Fsp3) is 0.321. The monoisotopic (exact) mass is 588 g/mol. The van der Waals surface area contributed by atoms with E-state index < -0.39 is 18.0 Å². The number of aliphatic hydroxyl groups is 1. The van der Waals surface area contributed by atoms with Crippen molar-refractivity contribution in [3.05, 3.63) is 70.0 Å². The van der Waals surface area contributed by atoms with E-state index in [0.717, 1.165) is 71.3 Å². The molecule has 1 aliphatic heterocycles. The summed E-state index contributed by atoms with van der Waals surface area (Å²) >= 11 is 12.4. The van der Waals surface area contributed by atoms with E-state index in [-0.39, 0.29) is 0 Å². The first-order chi connectivity index (χ1) is 19.1. The summed E-state index contributed by atoms with van der Waals surface area (Å²) in [6, 6.07) is 13.9. The summed E-state index contributed by atoms with van der Waals surface area (Å²) in [5.74, 6) is -2.88. The van der Waals surface area contributed by atoms with Crippen LogP contribution in [0, 0.1) is 0 Å². The number of benzene rings is 2. The highest BCUT2D eigenvalue weighted by atomic mass is 35.5. The van der Waals surface area contributed by atoms with Gasteiger partial charge >= 0.3 is 11.9 Å². The Hall–Kier alpha value is -3.41. The molecule has 12 heteroatoms. The number of aromatic amines is 1. The number of aromatic nitrogens is 2. The first-order valence-corrected chi connectivity index (χ1v) is 13.4. The van der Waals surface area contributed by atoms with Crippen molar-refractivity contribution in [3.63, 3.8) is 0 Å². The van der Waals surface area contributed by atoms with E-state index in [1.54, 1.807) is 19.4 Å². The zero-order chi connectivity index (χ0) is 28.8. The van der Waals surface area contributed by atoms with Gasteiger partial charge in [-0.2, -0.15) is 0 Å². The lowest BCUT2D eigenvalue weighted by Gasteiger charge is -2.33. The number of aliphatic hydroxyl groups excluding tert-OH is 1. The van der Waals surface area contributed by atoms with Gasteiger partial charge in [0.1, 0.15) is 5.75 Å². The Kier molecular flexibility index (Phi) is 9.83. The number of likely N-dealkylation sites (tertiary alicyclic amines) is 1. The van der Waals surface area contributed by atoms with E-state index in [1.807, 2.05) is 30.3 Å². The minimum Gasteiger partial charge on any atom is -0.497 e. The molecule has 1 aliphatic rings. The van der Waals surface area contributed by atoms with Gasteiger partial charge in [-0.1, -0.05) is 23.2 Å². The van der Waals surface area contributed by atoms with Crippen LogP contribution in [0.25, 0.3) is 21.8 Å². The molecule has 0 amide bonds.